The molecule has 6 heteroatoms. The largest absolute Gasteiger partial charge is 0.481 e. The van der Waals surface area contributed by atoms with Crippen LogP contribution in [-0.4, -0.2) is 33.1 Å². The van der Waals surface area contributed by atoms with Crippen molar-refractivity contribution in [1.29, 1.82) is 0 Å². The van der Waals surface area contributed by atoms with Crippen LogP contribution in [0, 0.1) is 13.8 Å². The molecule has 0 spiro atoms. The molecule has 0 fully saturated rings. The predicted molar refractivity (Wildman–Crippen MR) is 86.4 cm³/mol. The summed E-state index contributed by atoms with van der Waals surface area (Å²) in [5.74, 6) is -1.02. The molecule has 0 aromatic carbocycles. The summed E-state index contributed by atoms with van der Waals surface area (Å²) in [7, 11) is 0. The van der Waals surface area contributed by atoms with Crippen LogP contribution in [0.25, 0.3) is 0 Å². The molecule has 6 nitrogen and oxygen atoms in total. The van der Waals surface area contributed by atoms with Crippen molar-refractivity contribution in [2.45, 2.75) is 33.2 Å². The van der Waals surface area contributed by atoms with E-state index in [4.69, 9.17) is 5.11 Å². The third-order valence-corrected chi connectivity index (χ3v) is 3.72. The van der Waals surface area contributed by atoms with Crippen LogP contribution in [0.1, 0.15) is 40.3 Å². The Bertz CT molecular complexity index is 693. The topological polar surface area (TPSA) is 84.2 Å². The van der Waals surface area contributed by atoms with Gasteiger partial charge in [-0.3, -0.25) is 14.6 Å². The average molecular weight is 315 g/mol. The Labute approximate surface area is 135 Å². The van der Waals surface area contributed by atoms with Gasteiger partial charge in [0.1, 0.15) is 0 Å². The molecule has 0 saturated carbocycles. The van der Waals surface area contributed by atoms with Crippen LogP contribution in [0.4, 0.5) is 0 Å². The maximum absolute atomic E-state index is 12.2. The van der Waals surface area contributed by atoms with E-state index in [2.05, 4.69) is 14.9 Å². The van der Waals surface area contributed by atoms with Crippen LogP contribution in [0.5, 0.6) is 0 Å². The maximum Gasteiger partial charge on any atom is 0.303 e. The number of aliphatic carboxylic acids is 1. The summed E-state index contributed by atoms with van der Waals surface area (Å²) in [5, 5.41) is 11.4. The maximum atomic E-state index is 12.2. The molecule has 1 amide bonds. The molecule has 122 valence electrons. The molecule has 0 atom stereocenters. The van der Waals surface area contributed by atoms with E-state index < -0.39 is 5.97 Å². The van der Waals surface area contributed by atoms with Gasteiger partial charge in [0, 0.05) is 30.6 Å². The molecule has 0 bridgehead atoms. The summed E-state index contributed by atoms with van der Waals surface area (Å²) >= 11 is 0. The molecule has 0 aliphatic carbocycles. The van der Waals surface area contributed by atoms with E-state index in [1.54, 1.807) is 6.20 Å². The molecule has 2 aromatic heterocycles. The van der Waals surface area contributed by atoms with Crippen LogP contribution < -0.4 is 5.32 Å². The summed E-state index contributed by atoms with van der Waals surface area (Å²) < 4.78 is 2.05. The Morgan fingerprint density at radius 1 is 1.30 bits per heavy atom. The number of carboxylic acids is 1. The van der Waals surface area contributed by atoms with Crippen LogP contribution in [0.15, 0.2) is 30.5 Å². The van der Waals surface area contributed by atoms with Crippen molar-refractivity contribution in [3.05, 3.63) is 53.1 Å². The average Bonchev–Trinajstić information content (AvgIpc) is 2.80. The quantitative estimate of drug-likeness (QED) is 0.767. The van der Waals surface area contributed by atoms with E-state index in [1.165, 1.54) is 0 Å². The first-order valence-corrected chi connectivity index (χ1v) is 7.55. The standard InChI is InChI=1S/C17H21N3O3/c1-12-10-15(17(23)19-9-5-7-16(21)22)13(2)20(12)11-14-6-3-4-8-18-14/h3-4,6,8,10H,5,7,9,11H2,1-2H3,(H,19,23)(H,21,22). The Hall–Kier alpha value is -2.63. The SMILES string of the molecule is Cc1cc(C(=O)NCCCC(=O)O)c(C)n1Cc1ccccn1. The van der Waals surface area contributed by atoms with Crippen molar-refractivity contribution < 1.29 is 14.7 Å². The summed E-state index contributed by atoms with van der Waals surface area (Å²) in [4.78, 5) is 27.0. The van der Waals surface area contributed by atoms with Gasteiger partial charge in [0.15, 0.2) is 0 Å². The Kier molecular flexibility index (Phi) is 5.51. The summed E-state index contributed by atoms with van der Waals surface area (Å²) in [5.41, 5.74) is 3.42. The predicted octanol–water partition coefficient (Wildman–Crippen LogP) is 2.14. The molecule has 0 saturated heterocycles. The van der Waals surface area contributed by atoms with E-state index >= 15 is 0 Å². The van der Waals surface area contributed by atoms with Gasteiger partial charge in [-0.05, 0) is 38.5 Å². The molecule has 2 rings (SSSR count). The normalized spacial score (nSPS) is 10.5. The second kappa shape index (κ2) is 7.58. The first-order valence-electron chi connectivity index (χ1n) is 7.55. The van der Waals surface area contributed by atoms with Gasteiger partial charge in [-0.25, -0.2) is 0 Å². The van der Waals surface area contributed by atoms with Gasteiger partial charge in [-0.2, -0.15) is 0 Å². The minimum atomic E-state index is -0.854. The highest BCUT2D eigenvalue weighted by atomic mass is 16.4. The van der Waals surface area contributed by atoms with Gasteiger partial charge in [0.25, 0.3) is 5.91 Å². The molecule has 23 heavy (non-hydrogen) atoms. The summed E-state index contributed by atoms with van der Waals surface area (Å²) in [6.07, 6.45) is 2.23. The van der Waals surface area contributed by atoms with E-state index in [0.717, 1.165) is 17.1 Å². The number of pyridine rings is 1. The highest BCUT2D eigenvalue weighted by molar-refractivity contribution is 5.95. The zero-order valence-corrected chi connectivity index (χ0v) is 13.4. The van der Waals surface area contributed by atoms with Gasteiger partial charge < -0.3 is 15.0 Å². The minimum absolute atomic E-state index is 0.0545. The fourth-order valence-electron chi connectivity index (χ4n) is 2.46. The number of carbonyl (C=O) groups is 2. The first-order chi connectivity index (χ1) is 11.0. The van der Waals surface area contributed by atoms with Gasteiger partial charge >= 0.3 is 5.97 Å². The van der Waals surface area contributed by atoms with Crippen LogP contribution in [0.2, 0.25) is 0 Å². The number of hydrogen-bond acceptors (Lipinski definition) is 3. The van der Waals surface area contributed by atoms with Crippen LogP contribution in [0.3, 0.4) is 0 Å². The third kappa shape index (κ3) is 4.42. The summed E-state index contributed by atoms with van der Waals surface area (Å²) in [6, 6.07) is 7.61. The Morgan fingerprint density at radius 2 is 2.09 bits per heavy atom. The van der Waals surface area contributed by atoms with E-state index in [-0.39, 0.29) is 12.3 Å². The van der Waals surface area contributed by atoms with Crippen molar-refractivity contribution >= 4 is 11.9 Å². The van der Waals surface area contributed by atoms with Crippen LogP contribution in [-0.2, 0) is 11.3 Å². The monoisotopic (exact) mass is 315 g/mol. The second-order valence-corrected chi connectivity index (χ2v) is 5.45. The fraction of sp³-hybridized carbons (Fsp3) is 0.353. The van der Waals surface area contributed by atoms with Gasteiger partial charge in [-0.1, -0.05) is 6.07 Å². The second-order valence-electron chi connectivity index (χ2n) is 5.45. The number of nitrogens with one attached hydrogen (secondary N) is 1. The van der Waals surface area contributed by atoms with Crippen molar-refractivity contribution in [3.63, 3.8) is 0 Å². The molecule has 0 radical (unpaired) electrons. The van der Waals surface area contributed by atoms with Gasteiger partial charge in [0.2, 0.25) is 0 Å². The van der Waals surface area contributed by atoms with Crippen molar-refractivity contribution in [1.82, 2.24) is 14.9 Å². The zero-order chi connectivity index (χ0) is 16.8. The number of carbonyl (C=O) groups excluding carboxylic acids is 1. The van der Waals surface area contributed by atoms with E-state index in [0.29, 0.717) is 25.1 Å². The van der Waals surface area contributed by atoms with Gasteiger partial charge in [-0.15, -0.1) is 0 Å². The first kappa shape index (κ1) is 16.7. The number of aromatic nitrogens is 2. The van der Waals surface area contributed by atoms with Gasteiger partial charge in [0.05, 0.1) is 17.8 Å². The van der Waals surface area contributed by atoms with E-state index in [9.17, 15) is 9.59 Å². The lowest BCUT2D eigenvalue weighted by atomic mass is 10.2. The number of amides is 1. The lowest BCUT2D eigenvalue weighted by Gasteiger charge is -2.09. The Balaban J connectivity index is 2.05. The summed E-state index contributed by atoms with van der Waals surface area (Å²) in [6.45, 7) is 4.83. The van der Waals surface area contributed by atoms with E-state index in [1.807, 2.05) is 38.1 Å². The Morgan fingerprint density at radius 3 is 2.74 bits per heavy atom. The molecule has 2 heterocycles. The van der Waals surface area contributed by atoms with Crippen LogP contribution >= 0.6 is 0 Å². The highest BCUT2D eigenvalue weighted by Crippen LogP contribution is 2.16. The molecule has 2 N–H and O–H groups in total. The lowest BCUT2D eigenvalue weighted by molar-refractivity contribution is -0.137. The molecular weight excluding hydrogens is 294 g/mol. The lowest BCUT2D eigenvalue weighted by Crippen LogP contribution is -2.25. The number of hydrogen-bond donors (Lipinski definition) is 2. The number of nitrogens with zero attached hydrogens (tertiary/aromatic N) is 2. The molecular formula is C17H21N3O3. The number of carboxylic acid groups (broad SMARTS) is 1. The number of rotatable bonds is 7. The van der Waals surface area contributed by atoms with Crippen molar-refractivity contribution in [2.24, 2.45) is 0 Å². The fourth-order valence-corrected chi connectivity index (χ4v) is 2.46. The molecule has 2 aromatic rings. The minimum Gasteiger partial charge on any atom is -0.481 e. The smallest absolute Gasteiger partial charge is 0.303 e. The highest BCUT2D eigenvalue weighted by Gasteiger charge is 2.15. The third-order valence-electron chi connectivity index (χ3n) is 3.72. The number of aryl methyl sites for hydroxylation is 1. The molecule has 0 aliphatic heterocycles. The molecule has 0 aliphatic rings. The zero-order valence-electron chi connectivity index (χ0n) is 13.4. The van der Waals surface area contributed by atoms with Crippen molar-refractivity contribution in [2.75, 3.05) is 6.54 Å². The van der Waals surface area contributed by atoms with Crippen molar-refractivity contribution in [3.8, 4) is 0 Å². The molecule has 0 unspecified atom stereocenters.